The van der Waals surface area contributed by atoms with Gasteiger partial charge in [-0.1, -0.05) is 6.58 Å². The summed E-state index contributed by atoms with van der Waals surface area (Å²) in [6.45, 7) is 4.70. The van der Waals surface area contributed by atoms with Crippen LogP contribution in [0.25, 0.3) is 0 Å². The third-order valence-electron chi connectivity index (χ3n) is 4.40. The fourth-order valence-corrected chi connectivity index (χ4v) is 4.02. The van der Waals surface area contributed by atoms with E-state index in [0.29, 0.717) is 0 Å². The van der Waals surface area contributed by atoms with Gasteiger partial charge in [0.2, 0.25) is 5.91 Å². The number of ether oxygens (including phenoxy) is 1. The van der Waals surface area contributed by atoms with E-state index < -0.39 is 34.6 Å². The van der Waals surface area contributed by atoms with Crippen LogP contribution in [0, 0.1) is 11.8 Å². The summed E-state index contributed by atoms with van der Waals surface area (Å²) in [5.41, 5.74) is -0.964. The molecule has 0 spiro atoms. The summed E-state index contributed by atoms with van der Waals surface area (Å²) in [5, 5.41) is 2.33. The second kappa shape index (κ2) is 6.15. The van der Waals surface area contributed by atoms with Crippen LogP contribution in [0.2, 0.25) is 0 Å². The van der Waals surface area contributed by atoms with Crippen molar-refractivity contribution in [2.24, 2.45) is 11.8 Å². The number of fused-ring (bicyclic) bond motifs is 2. The highest BCUT2D eigenvalue weighted by Crippen LogP contribution is 2.53. The van der Waals surface area contributed by atoms with Gasteiger partial charge in [-0.2, -0.15) is 0 Å². The first-order valence-electron chi connectivity index (χ1n) is 6.80. The quantitative estimate of drug-likeness (QED) is 0.404. The number of carbonyl (C=O) groups excluding carboxylic acids is 2. The number of hydrogen-bond donors (Lipinski definition) is 2. The SMILES string of the molecule is C=CC(=O)NCC(=O)OC1(C)C2CCC(C2)C1O[SH](=O)=O. The molecule has 0 aliphatic heterocycles. The van der Waals surface area contributed by atoms with E-state index in [9.17, 15) is 18.0 Å². The highest BCUT2D eigenvalue weighted by Gasteiger charge is 2.59. The van der Waals surface area contributed by atoms with Crippen LogP contribution in [0.15, 0.2) is 12.7 Å². The van der Waals surface area contributed by atoms with Gasteiger partial charge in [0, 0.05) is 5.92 Å². The van der Waals surface area contributed by atoms with Gasteiger partial charge >= 0.3 is 5.97 Å². The topological polar surface area (TPSA) is 98.8 Å². The van der Waals surface area contributed by atoms with Crippen molar-refractivity contribution in [1.82, 2.24) is 5.32 Å². The van der Waals surface area contributed by atoms with Crippen molar-refractivity contribution in [3.05, 3.63) is 12.7 Å². The first-order chi connectivity index (χ1) is 9.86. The predicted octanol–water partition coefficient (Wildman–Crippen LogP) is -0.0680. The monoisotopic (exact) mass is 317 g/mol. The van der Waals surface area contributed by atoms with Gasteiger partial charge in [0.25, 0.3) is 11.0 Å². The fraction of sp³-hybridized carbons (Fsp3) is 0.692. The first kappa shape index (κ1) is 16.0. The number of thiol groups is 1. The molecule has 1 amide bonds. The summed E-state index contributed by atoms with van der Waals surface area (Å²) < 4.78 is 32.2. The summed E-state index contributed by atoms with van der Waals surface area (Å²) in [7, 11) is -3.00. The number of carbonyl (C=O) groups is 2. The largest absolute Gasteiger partial charge is 0.455 e. The lowest BCUT2D eigenvalue weighted by Crippen LogP contribution is -2.50. The van der Waals surface area contributed by atoms with E-state index in [4.69, 9.17) is 8.92 Å². The Bertz CT molecular complexity index is 523. The van der Waals surface area contributed by atoms with Gasteiger partial charge in [0.15, 0.2) is 0 Å². The lowest BCUT2D eigenvalue weighted by molar-refractivity contribution is -0.174. The van der Waals surface area contributed by atoms with Crippen molar-refractivity contribution in [3.63, 3.8) is 0 Å². The van der Waals surface area contributed by atoms with Gasteiger partial charge in [-0.25, -0.2) is 8.42 Å². The normalized spacial score (nSPS) is 33.9. The molecule has 7 nitrogen and oxygen atoms in total. The Morgan fingerprint density at radius 3 is 2.76 bits per heavy atom. The zero-order valence-electron chi connectivity index (χ0n) is 11.7. The fourth-order valence-electron chi connectivity index (χ4n) is 3.45. The van der Waals surface area contributed by atoms with E-state index in [0.717, 1.165) is 25.3 Å². The molecule has 2 fully saturated rings. The van der Waals surface area contributed by atoms with E-state index >= 15 is 0 Å². The van der Waals surface area contributed by atoms with Gasteiger partial charge in [-0.15, -0.1) is 0 Å². The van der Waals surface area contributed by atoms with Gasteiger partial charge in [-0.05, 0) is 38.2 Å². The molecule has 2 rings (SSSR count). The molecule has 118 valence electrons. The van der Waals surface area contributed by atoms with E-state index in [1.807, 2.05) is 0 Å². The number of rotatable bonds is 6. The molecule has 4 atom stereocenters. The zero-order chi connectivity index (χ0) is 15.6. The molecule has 2 aliphatic rings. The standard InChI is InChI=1S/C13H19NO6S/c1-3-10(15)14-7-11(16)19-13(2)9-5-4-8(6-9)12(13)20-21(17)18/h3,8-9,12,21H,1,4-7H2,2H3,(H,14,15). The van der Waals surface area contributed by atoms with Crippen molar-refractivity contribution < 1.29 is 26.9 Å². The van der Waals surface area contributed by atoms with Crippen molar-refractivity contribution in [2.75, 3.05) is 6.54 Å². The summed E-state index contributed by atoms with van der Waals surface area (Å²) in [6.07, 6.45) is 2.95. The Morgan fingerprint density at radius 1 is 1.43 bits per heavy atom. The molecule has 2 saturated carbocycles. The summed E-state index contributed by atoms with van der Waals surface area (Å²) in [6, 6.07) is 0. The molecule has 0 aromatic rings. The minimum atomic E-state index is -3.00. The molecule has 2 aliphatic carbocycles. The van der Waals surface area contributed by atoms with Crippen molar-refractivity contribution in [2.45, 2.75) is 37.9 Å². The summed E-state index contributed by atoms with van der Waals surface area (Å²) in [5.74, 6) is -0.916. The van der Waals surface area contributed by atoms with Crippen molar-refractivity contribution in [1.29, 1.82) is 0 Å². The van der Waals surface area contributed by atoms with Gasteiger partial charge in [0.05, 0.1) is 0 Å². The molecular weight excluding hydrogens is 298 g/mol. The van der Waals surface area contributed by atoms with Crippen LogP contribution in [-0.4, -0.2) is 38.5 Å². The second-order valence-corrected chi connectivity index (χ2v) is 6.26. The molecule has 21 heavy (non-hydrogen) atoms. The Hall–Kier alpha value is -1.41. The molecule has 0 saturated heterocycles. The third-order valence-corrected chi connectivity index (χ3v) is 4.80. The van der Waals surface area contributed by atoms with Crippen LogP contribution in [0.5, 0.6) is 0 Å². The predicted molar refractivity (Wildman–Crippen MR) is 73.7 cm³/mol. The van der Waals surface area contributed by atoms with Gasteiger partial charge in [-0.3, -0.25) is 13.8 Å². The van der Waals surface area contributed by atoms with E-state index in [1.54, 1.807) is 6.92 Å². The van der Waals surface area contributed by atoms with E-state index in [-0.39, 0.29) is 18.4 Å². The van der Waals surface area contributed by atoms with E-state index in [1.165, 1.54) is 0 Å². The average molecular weight is 317 g/mol. The molecule has 0 aromatic heterocycles. The third kappa shape index (κ3) is 3.26. The van der Waals surface area contributed by atoms with Gasteiger partial charge < -0.3 is 10.1 Å². The number of nitrogens with one attached hydrogen (secondary N) is 1. The molecular formula is C13H19NO6S. The maximum atomic E-state index is 11.9. The maximum Gasteiger partial charge on any atom is 0.326 e. The minimum Gasteiger partial charge on any atom is -0.455 e. The molecule has 0 radical (unpaired) electrons. The number of esters is 1. The Balaban J connectivity index is 2.03. The molecule has 1 N–H and O–H groups in total. The lowest BCUT2D eigenvalue weighted by Gasteiger charge is -2.38. The number of hydrogen-bond acceptors (Lipinski definition) is 6. The highest BCUT2D eigenvalue weighted by atomic mass is 32.2. The summed E-state index contributed by atoms with van der Waals surface area (Å²) >= 11 is 0. The second-order valence-electron chi connectivity index (χ2n) is 5.60. The minimum absolute atomic E-state index is 0.0847. The first-order valence-corrected chi connectivity index (χ1v) is 7.89. The lowest BCUT2D eigenvalue weighted by atomic mass is 9.83. The smallest absolute Gasteiger partial charge is 0.326 e. The average Bonchev–Trinajstić information content (AvgIpc) is 2.98. The Labute approximate surface area is 124 Å². The Morgan fingerprint density at radius 2 is 2.14 bits per heavy atom. The molecule has 0 aromatic carbocycles. The molecule has 0 heterocycles. The zero-order valence-corrected chi connectivity index (χ0v) is 12.6. The molecule has 2 bridgehead atoms. The van der Waals surface area contributed by atoms with Crippen molar-refractivity contribution >= 4 is 22.9 Å². The highest BCUT2D eigenvalue weighted by molar-refractivity contribution is 7.67. The van der Waals surface area contributed by atoms with Gasteiger partial charge in [0.1, 0.15) is 18.2 Å². The van der Waals surface area contributed by atoms with Crippen LogP contribution >= 0.6 is 0 Å². The number of amides is 1. The van der Waals surface area contributed by atoms with Crippen LogP contribution in [-0.2, 0) is 29.5 Å². The van der Waals surface area contributed by atoms with Crippen molar-refractivity contribution in [3.8, 4) is 0 Å². The summed E-state index contributed by atoms with van der Waals surface area (Å²) in [4.78, 5) is 22.9. The molecule has 8 heteroatoms. The van der Waals surface area contributed by atoms with Crippen LogP contribution < -0.4 is 5.32 Å². The van der Waals surface area contributed by atoms with Crippen LogP contribution in [0.4, 0.5) is 0 Å². The maximum absolute atomic E-state index is 11.9. The van der Waals surface area contributed by atoms with Crippen LogP contribution in [0.1, 0.15) is 26.2 Å². The van der Waals surface area contributed by atoms with Crippen LogP contribution in [0.3, 0.4) is 0 Å². The Kier molecular flexibility index (Phi) is 4.67. The molecule has 4 unspecified atom stereocenters. The van der Waals surface area contributed by atoms with E-state index in [2.05, 4.69) is 11.9 Å².